The molecule has 1 aromatic carbocycles. The lowest BCUT2D eigenvalue weighted by molar-refractivity contribution is -0.143. The first-order valence-corrected chi connectivity index (χ1v) is 9.29. The minimum absolute atomic E-state index is 0.131. The summed E-state index contributed by atoms with van der Waals surface area (Å²) in [5, 5.41) is 0. The summed E-state index contributed by atoms with van der Waals surface area (Å²) in [6.07, 6.45) is 2.42. The molecule has 1 amide bonds. The third kappa shape index (κ3) is 3.66. The van der Waals surface area contributed by atoms with Gasteiger partial charge in [-0.25, -0.2) is 4.98 Å². The van der Waals surface area contributed by atoms with Crippen molar-refractivity contribution in [3.8, 4) is 0 Å². The number of morpholine rings is 1. The van der Waals surface area contributed by atoms with Crippen LogP contribution in [0.2, 0.25) is 0 Å². The largest absolute Gasteiger partial charge is 0.445 e. The minimum atomic E-state index is -0.185. The standard InChI is InChI=1S/C20H25N3O3/c1-22-11-12-25-14-17(22)20(24)23-10-9-18-16(13-23)21-19(26-18)8-7-15-5-3-2-4-6-15/h2-6,17H,7-14H2,1H3/t17-/m0/s1. The maximum Gasteiger partial charge on any atom is 0.242 e. The molecule has 2 aliphatic rings. The number of rotatable bonds is 4. The van der Waals surface area contributed by atoms with Crippen LogP contribution in [0.5, 0.6) is 0 Å². The van der Waals surface area contributed by atoms with Crippen LogP contribution in [-0.2, 0) is 35.3 Å². The van der Waals surface area contributed by atoms with Gasteiger partial charge in [0.2, 0.25) is 5.91 Å². The van der Waals surface area contributed by atoms with E-state index in [4.69, 9.17) is 9.15 Å². The molecule has 3 heterocycles. The highest BCUT2D eigenvalue weighted by Gasteiger charge is 2.33. The van der Waals surface area contributed by atoms with Crippen LogP contribution >= 0.6 is 0 Å². The van der Waals surface area contributed by atoms with Gasteiger partial charge < -0.3 is 14.1 Å². The van der Waals surface area contributed by atoms with Crippen molar-refractivity contribution >= 4 is 5.91 Å². The Morgan fingerprint density at radius 1 is 1.23 bits per heavy atom. The number of carbonyl (C=O) groups excluding carboxylic acids is 1. The molecule has 1 fully saturated rings. The molecule has 0 unspecified atom stereocenters. The molecule has 0 radical (unpaired) electrons. The van der Waals surface area contributed by atoms with E-state index < -0.39 is 0 Å². The number of fused-ring (bicyclic) bond motifs is 1. The number of benzene rings is 1. The van der Waals surface area contributed by atoms with Crippen LogP contribution in [0.4, 0.5) is 0 Å². The second kappa shape index (κ2) is 7.60. The number of likely N-dealkylation sites (N-methyl/N-ethyl adjacent to an activating group) is 1. The fourth-order valence-electron chi connectivity index (χ4n) is 3.60. The first kappa shape index (κ1) is 17.2. The van der Waals surface area contributed by atoms with Crippen LogP contribution in [0.25, 0.3) is 0 Å². The maximum atomic E-state index is 12.8. The number of ether oxygens (including phenoxy) is 1. The Balaban J connectivity index is 1.39. The second-order valence-electron chi connectivity index (χ2n) is 7.04. The highest BCUT2D eigenvalue weighted by Crippen LogP contribution is 2.22. The fourth-order valence-corrected chi connectivity index (χ4v) is 3.60. The lowest BCUT2D eigenvalue weighted by atomic mass is 10.1. The van der Waals surface area contributed by atoms with Crippen LogP contribution in [0.1, 0.15) is 22.9 Å². The van der Waals surface area contributed by atoms with Gasteiger partial charge in [0.25, 0.3) is 0 Å². The zero-order valence-corrected chi connectivity index (χ0v) is 15.2. The predicted octanol–water partition coefficient (Wildman–Crippen LogP) is 1.68. The van der Waals surface area contributed by atoms with Crippen molar-refractivity contribution in [3.05, 3.63) is 53.2 Å². The van der Waals surface area contributed by atoms with E-state index >= 15 is 0 Å². The zero-order chi connectivity index (χ0) is 17.9. The summed E-state index contributed by atoms with van der Waals surface area (Å²) in [7, 11) is 1.98. The van der Waals surface area contributed by atoms with E-state index in [1.54, 1.807) is 0 Å². The summed E-state index contributed by atoms with van der Waals surface area (Å²) in [5.41, 5.74) is 2.19. The first-order valence-electron chi connectivity index (χ1n) is 9.29. The topological polar surface area (TPSA) is 58.8 Å². The molecule has 0 bridgehead atoms. The molecule has 6 heteroatoms. The van der Waals surface area contributed by atoms with Gasteiger partial charge in [0, 0.05) is 25.9 Å². The first-order chi connectivity index (χ1) is 12.7. The fraction of sp³-hybridized carbons (Fsp3) is 0.500. The highest BCUT2D eigenvalue weighted by atomic mass is 16.5. The van der Waals surface area contributed by atoms with Crippen LogP contribution in [-0.4, -0.2) is 60.1 Å². The number of aryl methyl sites for hydroxylation is 2. The molecule has 4 rings (SSSR count). The molecule has 0 saturated carbocycles. The SMILES string of the molecule is CN1CCOC[C@H]1C(=O)N1CCc2oc(CCc3ccccc3)nc2C1. The number of amides is 1. The molecule has 2 aliphatic heterocycles. The van der Waals surface area contributed by atoms with Crippen molar-refractivity contribution in [3.63, 3.8) is 0 Å². The monoisotopic (exact) mass is 355 g/mol. The van der Waals surface area contributed by atoms with Crippen molar-refractivity contribution in [1.82, 2.24) is 14.8 Å². The van der Waals surface area contributed by atoms with Crippen molar-refractivity contribution in [2.24, 2.45) is 0 Å². The molecular formula is C20H25N3O3. The summed E-state index contributed by atoms with van der Waals surface area (Å²) in [4.78, 5) is 21.5. The third-order valence-electron chi connectivity index (χ3n) is 5.24. The van der Waals surface area contributed by atoms with Crippen molar-refractivity contribution < 1.29 is 13.9 Å². The number of hydrogen-bond donors (Lipinski definition) is 0. The molecule has 1 aromatic heterocycles. The van der Waals surface area contributed by atoms with Crippen LogP contribution < -0.4 is 0 Å². The molecule has 1 atom stereocenters. The van der Waals surface area contributed by atoms with Gasteiger partial charge in [-0.05, 0) is 19.0 Å². The Kier molecular flexibility index (Phi) is 5.04. The van der Waals surface area contributed by atoms with Gasteiger partial charge >= 0.3 is 0 Å². The molecule has 0 N–H and O–H groups in total. The molecule has 138 valence electrons. The van der Waals surface area contributed by atoms with E-state index in [2.05, 4.69) is 22.0 Å². The lowest BCUT2D eigenvalue weighted by Crippen LogP contribution is -2.54. The molecule has 1 saturated heterocycles. The van der Waals surface area contributed by atoms with E-state index in [1.165, 1.54) is 5.56 Å². The molecule has 0 spiro atoms. The van der Waals surface area contributed by atoms with E-state index in [1.807, 2.05) is 30.1 Å². The zero-order valence-electron chi connectivity index (χ0n) is 15.2. The molecule has 2 aromatic rings. The average molecular weight is 355 g/mol. The quantitative estimate of drug-likeness (QED) is 0.835. The second-order valence-corrected chi connectivity index (χ2v) is 7.04. The van der Waals surface area contributed by atoms with Gasteiger partial charge in [0.1, 0.15) is 17.5 Å². The van der Waals surface area contributed by atoms with Crippen molar-refractivity contribution in [1.29, 1.82) is 0 Å². The van der Waals surface area contributed by atoms with Gasteiger partial charge in [-0.1, -0.05) is 30.3 Å². The number of carbonyl (C=O) groups is 1. The Morgan fingerprint density at radius 2 is 2.08 bits per heavy atom. The Hall–Kier alpha value is -2.18. The van der Waals surface area contributed by atoms with E-state index in [9.17, 15) is 4.79 Å². The lowest BCUT2D eigenvalue weighted by Gasteiger charge is -2.36. The van der Waals surface area contributed by atoms with Crippen LogP contribution in [0.15, 0.2) is 34.7 Å². The predicted molar refractivity (Wildman–Crippen MR) is 96.7 cm³/mol. The number of nitrogens with zero attached hydrogens (tertiary/aromatic N) is 3. The Labute approximate surface area is 153 Å². The normalized spacial score (nSPS) is 20.8. The molecule has 0 aliphatic carbocycles. The number of aromatic nitrogens is 1. The number of oxazole rings is 1. The Bertz CT molecular complexity index is 759. The summed E-state index contributed by atoms with van der Waals surface area (Å²) < 4.78 is 11.4. The third-order valence-corrected chi connectivity index (χ3v) is 5.24. The van der Waals surface area contributed by atoms with Crippen molar-refractivity contribution in [2.75, 3.05) is 33.4 Å². The summed E-state index contributed by atoms with van der Waals surface area (Å²) in [6.45, 7) is 3.18. The summed E-state index contributed by atoms with van der Waals surface area (Å²) in [6, 6.07) is 10.2. The number of hydrogen-bond acceptors (Lipinski definition) is 5. The highest BCUT2D eigenvalue weighted by molar-refractivity contribution is 5.82. The van der Waals surface area contributed by atoms with Crippen LogP contribution in [0, 0.1) is 0 Å². The van der Waals surface area contributed by atoms with Gasteiger partial charge in [0.15, 0.2) is 5.89 Å². The smallest absolute Gasteiger partial charge is 0.242 e. The molecule has 26 heavy (non-hydrogen) atoms. The van der Waals surface area contributed by atoms with Gasteiger partial charge in [-0.2, -0.15) is 0 Å². The average Bonchev–Trinajstić information content (AvgIpc) is 3.09. The van der Waals surface area contributed by atoms with E-state index in [-0.39, 0.29) is 11.9 Å². The minimum Gasteiger partial charge on any atom is -0.445 e. The van der Waals surface area contributed by atoms with E-state index in [0.29, 0.717) is 26.3 Å². The van der Waals surface area contributed by atoms with E-state index in [0.717, 1.165) is 43.2 Å². The maximum absolute atomic E-state index is 12.8. The van der Waals surface area contributed by atoms with Gasteiger partial charge in [-0.3, -0.25) is 9.69 Å². The van der Waals surface area contributed by atoms with Gasteiger partial charge in [-0.15, -0.1) is 0 Å². The summed E-state index contributed by atoms with van der Waals surface area (Å²) >= 11 is 0. The molecule has 6 nitrogen and oxygen atoms in total. The molecular weight excluding hydrogens is 330 g/mol. The summed E-state index contributed by atoms with van der Waals surface area (Å²) in [5.74, 6) is 1.84. The van der Waals surface area contributed by atoms with Crippen molar-refractivity contribution in [2.45, 2.75) is 31.8 Å². The van der Waals surface area contributed by atoms with Gasteiger partial charge in [0.05, 0.1) is 19.8 Å². The van der Waals surface area contributed by atoms with Crippen LogP contribution in [0.3, 0.4) is 0 Å². The Morgan fingerprint density at radius 3 is 2.88 bits per heavy atom.